The first kappa shape index (κ1) is 34.2. The van der Waals surface area contributed by atoms with Crippen molar-refractivity contribution in [1.82, 2.24) is 29.7 Å². The van der Waals surface area contributed by atoms with Gasteiger partial charge in [-0.25, -0.2) is 15.0 Å². The van der Waals surface area contributed by atoms with Gasteiger partial charge < -0.3 is 9.47 Å². The van der Waals surface area contributed by atoms with Crippen LogP contribution in [0.5, 0.6) is 11.6 Å². The lowest BCUT2D eigenvalue weighted by Gasteiger charge is -2.15. The molecule has 0 fully saturated rings. The minimum Gasteiger partial charge on any atom is -0.495 e. The van der Waals surface area contributed by atoms with Crippen molar-refractivity contribution in [2.75, 3.05) is 14.2 Å². The number of para-hydroxylation sites is 1. The first-order chi connectivity index (χ1) is 19.2. The summed E-state index contributed by atoms with van der Waals surface area (Å²) in [5, 5.41) is 8.58. The van der Waals surface area contributed by atoms with Crippen LogP contribution in [0.15, 0.2) is 42.7 Å². The number of nitrogens with zero attached hydrogens (tertiary/aromatic N) is 6. The number of ether oxygens (including phenoxy) is 2. The molecule has 1 atom stereocenters. The van der Waals surface area contributed by atoms with Gasteiger partial charge in [0.15, 0.2) is 5.82 Å². The summed E-state index contributed by atoms with van der Waals surface area (Å²) in [6.45, 7) is 22.5. The Labute approximate surface area is 241 Å². The van der Waals surface area contributed by atoms with Gasteiger partial charge in [0.2, 0.25) is 5.88 Å². The van der Waals surface area contributed by atoms with Gasteiger partial charge in [0.05, 0.1) is 19.9 Å². The number of hydrogen-bond acceptors (Lipinski definition) is 7. The zero-order valence-corrected chi connectivity index (χ0v) is 26.7. The molecule has 4 aromatic rings. The zero-order chi connectivity index (χ0) is 30.4. The van der Waals surface area contributed by atoms with Crippen LogP contribution >= 0.6 is 0 Å². The van der Waals surface area contributed by atoms with Crippen LogP contribution in [0.25, 0.3) is 17.2 Å². The Morgan fingerprint density at radius 2 is 1.40 bits per heavy atom. The van der Waals surface area contributed by atoms with E-state index in [0.29, 0.717) is 29.2 Å². The van der Waals surface area contributed by atoms with E-state index in [2.05, 4.69) is 45.9 Å². The van der Waals surface area contributed by atoms with E-state index in [1.807, 2.05) is 103 Å². The van der Waals surface area contributed by atoms with Crippen LogP contribution in [0, 0.1) is 33.6 Å². The molecular weight excluding hydrogens is 500 g/mol. The van der Waals surface area contributed by atoms with E-state index in [9.17, 15) is 0 Å². The Bertz CT molecular complexity index is 1300. The Morgan fingerprint density at radius 3 is 1.95 bits per heavy atom. The summed E-state index contributed by atoms with van der Waals surface area (Å²) in [5.41, 5.74) is 4.85. The lowest BCUT2D eigenvalue weighted by molar-refractivity contribution is 0.398. The van der Waals surface area contributed by atoms with Crippen molar-refractivity contribution in [3.05, 3.63) is 71.1 Å². The summed E-state index contributed by atoms with van der Waals surface area (Å²) in [5.74, 6) is 4.74. The summed E-state index contributed by atoms with van der Waals surface area (Å²) in [6, 6.07) is 9.77. The van der Waals surface area contributed by atoms with Crippen molar-refractivity contribution < 1.29 is 9.47 Å². The van der Waals surface area contributed by atoms with E-state index in [-0.39, 0.29) is 0 Å². The quantitative estimate of drug-likeness (QED) is 0.242. The molecule has 1 aromatic carbocycles. The molecule has 0 unspecified atom stereocenters. The van der Waals surface area contributed by atoms with Crippen LogP contribution < -0.4 is 9.47 Å². The van der Waals surface area contributed by atoms with E-state index in [1.165, 1.54) is 0 Å². The molecule has 40 heavy (non-hydrogen) atoms. The molecule has 0 radical (unpaired) electrons. The highest BCUT2D eigenvalue weighted by Gasteiger charge is 2.19. The molecule has 8 nitrogen and oxygen atoms in total. The van der Waals surface area contributed by atoms with Gasteiger partial charge in [-0.3, -0.25) is 4.57 Å². The van der Waals surface area contributed by atoms with Crippen molar-refractivity contribution in [3.8, 4) is 28.8 Å². The van der Waals surface area contributed by atoms with Crippen LogP contribution in [0.1, 0.15) is 82.7 Å². The first-order valence-corrected chi connectivity index (χ1v) is 14.0. The number of aromatic nitrogens is 6. The Balaban J connectivity index is 0.000000421. The SMILES string of the molecule is CC.CC.COc1cc(C)cc(-c2nnc(C)n2-c2c(C)cccc2OC)n1.Cc1cnc([C@@H](C)C(C)C)nc1. The molecule has 0 saturated heterocycles. The molecular formula is C32H48N6O2. The molecule has 0 spiro atoms. The maximum atomic E-state index is 5.54. The van der Waals surface area contributed by atoms with Crippen LogP contribution in [0.4, 0.5) is 0 Å². The van der Waals surface area contributed by atoms with Gasteiger partial charge in [0.1, 0.15) is 23.1 Å². The van der Waals surface area contributed by atoms with Crippen molar-refractivity contribution in [2.24, 2.45) is 5.92 Å². The number of aryl methyl sites for hydroxylation is 4. The monoisotopic (exact) mass is 548 g/mol. The molecule has 0 saturated carbocycles. The van der Waals surface area contributed by atoms with Gasteiger partial charge in [0, 0.05) is 24.4 Å². The highest BCUT2D eigenvalue weighted by Crippen LogP contribution is 2.31. The number of hydrogen-bond donors (Lipinski definition) is 0. The molecule has 0 bridgehead atoms. The van der Waals surface area contributed by atoms with E-state index in [1.54, 1.807) is 14.2 Å². The molecule has 218 valence electrons. The second-order valence-electron chi connectivity index (χ2n) is 9.26. The number of benzene rings is 1. The third-order valence-corrected chi connectivity index (χ3v) is 6.06. The Morgan fingerprint density at radius 1 is 0.775 bits per heavy atom. The largest absolute Gasteiger partial charge is 0.495 e. The second-order valence-corrected chi connectivity index (χ2v) is 9.26. The molecule has 8 heteroatoms. The van der Waals surface area contributed by atoms with Gasteiger partial charge in [-0.1, -0.05) is 60.6 Å². The molecule has 0 aliphatic rings. The fourth-order valence-corrected chi connectivity index (χ4v) is 3.67. The summed E-state index contributed by atoms with van der Waals surface area (Å²) in [6.07, 6.45) is 3.75. The smallest absolute Gasteiger partial charge is 0.213 e. The van der Waals surface area contributed by atoms with Crippen LogP contribution in [-0.2, 0) is 0 Å². The molecule has 3 aromatic heterocycles. The minimum absolute atomic E-state index is 0.450. The summed E-state index contributed by atoms with van der Waals surface area (Å²) < 4.78 is 12.8. The summed E-state index contributed by atoms with van der Waals surface area (Å²) in [4.78, 5) is 13.1. The fraction of sp³-hybridized carbons (Fsp3) is 0.469. The first-order valence-electron chi connectivity index (χ1n) is 14.0. The third kappa shape index (κ3) is 8.86. The number of rotatable bonds is 6. The number of pyridine rings is 1. The van der Waals surface area contributed by atoms with Crippen LogP contribution in [0.2, 0.25) is 0 Å². The lowest BCUT2D eigenvalue weighted by atomic mass is 9.97. The average Bonchev–Trinajstić information content (AvgIpc) is 3.35. The molecule has 4 rings (SSSR count). The standard InChI is InChI=1S/C18H20N4O2.C10H16N2.2C2H6/c1-11-9-14(19-16(10-11)24-5)18-21-20-13(3)22(18)17-12(2)7-6-8-15(17)23-4;1-7(2)9(4)10-11-5-8(3)6-12-10;2*1-2/h6-10H,1-5H3;5-7,9H,1-4H3;2*1-2H3/t;9-;;/m.0../s1. The predicted octanol–water partition coefficient (Wildman–Crippen LogP) is 7.87. The normalized spacial score (nSPS) is 10.8. The van der Waals surface area contributed by atoms with E-state index >= 15 is 0 Å². The van der Waals surface area contributed by atoms with Gasteiger partial charge >= 0.3 is 0 Å². The van der Waals surface area contributed by atoms with E-state index in [4.69, 9.17) is 9.47 Å². The van der Waals surface area contributed by atoms with E-state index in [0.717, 1.165) is 39.8 Å². The molecule has 0 aliphatic heterocycles. The van der Waals surface area contributed by atoms with E-state index < -0.39 is 0 Å². The highest BCUT2D eigenvalue weighted by atomic mass is 16.5. The van der Waals surface area contributed by atoms with Crippen LogP contribution in [-0.4, -0.2) is 43.9 Å². The summed E-state index contributed by atoms with van der Waals surface area (Å²) in [7, 11) is 3.26. The van der Waals surface area contributed by atoms with Crippen molar-refractivity contribution in [2.45, 2.75) is 82.1 Å². The second kappa shape index (κ2) is 17.0. The van der Waals surface area contributed by atoms with Crippen molar-refractivity contribution >= 4 is 0 Å². The summed E-state index contributed by atoms with van der Waals surface area (Å²) >= 11 is 0. The topological polar surface area (TPSA) is 87.8 Å². The van der Waals surface area contributed by atoms with Gasteiger partial charge in [0.25, 0.3) is 0 Å². The minimum atomic E-state index is 0.450. The number of methoxy groups -OCH3 is 2. The lowest BCUT2D eigenvalue weighted by Crippen LogP contribution is -2.06. The third-order valence-electron chi connectivity index (χ3n) is 6.06. The van der Waals surface area contributed by atoms with Crippen molar-refractivity contribution in [3.63, 3.8) is 0 Å². The predicted molar refractivity (Wildman–Crippen MR) is 165 cm³/mol. The molecule has 3 heterocycles. The molecule has 0 N–H and O–H groups in total. The van der Waals surface area contributed by atoms with Gasteiger partial charge in [-0.2, -0.15) is 0 Å². The molecule has 0 aliphatic carbocycles. The maximum absolute atomic E-state index is 5.54. The maximum Gasteiger partial charge on any atom is 0.213 e. The van der Waals surface area contributed by atoms with Crippen molar-refractivity contribution in [1.29, 1.82) is 0 Å². The van der Waals surface area contributed by atoms with Crippen LogP contribution in [0.3, 0.4) is 0 Å². The Hall–Kier alpha value is -3.81. The average molecular weight is 549 g/mol. The highest BCUT2D eigenvalue weighted by molar-refractivity contribution is 5.61. The molecule has 0 amide bonds. The zero-order valence-electron chi connectivity index (χ0n) is 26.7. The Kier molecular flexibility index (Phi) is 14.5. The fourth-order valence-electron chi connectivity index (χ4n) is 3.67. The van der Waals surface area contributed by atoms with Gasteiger partial charge in [-0.15, -0.1) is 10.2 Å². The van der Waals surface area contributed by atoms with Gasteiger partial charge in [-0.05, 0) is 62.4 Å².